The minimum atomic E-state index is 1.06. The molecule has 0 aliphatic carbocycles. The van der Waals surface area contributed by atoms with E-state index in [1.54, 1.807) is 0 Å². The first-order valence-electron chi connectivity index (χ1n) is 17.5. The third-order valence-electron chi connectivity index (χ3n) is 10.6. The number of hydrogen-bond donors (Lipinski definition) is 0. The van der Waals surface area contributed by atoms with Crippen LogP contribution in [-0.4, -0.2) is 13.7 Å². The number of benzene rings is 5. The average molecular weight is 663 g/mol. The van der Waals surface area contributed by atoms with E-state index in [-0.39, 0.29) is 0 Å². The maximum atomic E-state index is 4.12. The van der Waals surface area contributed by atoms with Gasteiger partial charge in [0.25, 0.3) is 0 Å². The molecule has 8 aromatic rings. The molecule has 250 valence electrons. The van der Waals surface area contributed by atoms with Gasteiger partial charge in [0.05, 0.1) is 16.7 Å². The quantitative estimate of drug-likeness (QED) is 0.158. The lowest BCUT2D eigenvalue weighted by atomic mass is 10.1. The minimum absolute atomic E-state index is 1.06. The van der Waals surface area contributed by atoms with Crippen LogP contribution >= 0.6 is 0 Å². The Labute approximate surface area is 300 Å². The number of anilines is 3. The average Bonchev–Trinajstić information content (AvgIpc) is 3.73. The smallest absolute Gasteiger partial charge is 0.0534 e. The molecule has 0 N–H and O–H groups in total. The van der Waals surface area contributed by atoms with Crippen LogP contribution in [0.5, 0.6) is 0 Å². The van der Waals surface area contributed by atoms with Crippen LogP contribution in [0.25, 0.3) is 51.0 Å². The number of aryl methyl sites for hydroxylation is 2. The van der Waals surface area contributed by atoms with Crippen LogP contribution in [0.4, 0.5) is 17.1 Å². The zero-order chi connectivity index (χ0) is 35.4. The molecule has 3 heterocycles. The lowest BCUT2D eigenvalue weighted by Crippen LogP contribution is -2.11. The van der Waals surface area contributed by atoms with E-state index in [4.69, 9.17) is 0 Å². The summed E-state index contributed by atoms with van der Waals surface area (Å²) in [5.74, 6) is 0. The number of aromatic nitrogens is 3. The van der Waals surface area contributed by atoms with Crippen molar-refractivity contribution in [1.29, 1.82) is 0 Å². The second-order valence-corrected chi connectivity index (χ2v) is 13.4. The molecule has 0 saturated carbocycles. The van der Waals surface area contributed by atoms with E-state index in [1.165, 1.54) is 50.0 Å². The first kappa shape index (κ1) is 32.0. The Bertz CT molecular complexity index is 2590. The largest absolute Gasteiger partial charge is 0.314 e. The summed E-state index contributed by atoms with van der Waals surface area (Å²) in [6, 6.07) is 46.1. The number of para-hydroxylation sites is 2. The third-order valence-corrected chi connectivity index (χ3v) is 10.6. The highest BCUT2D eigenvalue weighted by Gasteiger charge is 2.18. The molecule has 0 radical (unpaired) electrons. The van der Waals surface area contributed by atoms with Gasteiger partial charge in [-0.15, -0.1) is 0 Å². The summed E-state index contributed by atoms with van der Waals surface area (Å²) >= 11 is 0. The van der Waals surface area contributed by atoms with Crippen LogP contribution in [0.15, 0.2) is 141 Å². The highest BCUT2D eigenvalue weighted by Crippen LogP contribution is 2.38. The van der Waals surface area contributed by atoms with Crippen molar-refractivity contribution in [2.24, 2.45) is 0 Å². The maximum absolute atomic E-state index is 4.12. The Hall–Kier alpha value is -6.26. The van der Waals surface area contributed by atoms with E-state index in [9.17, 15) is 0 Å². The molecule has 0 bridgehead atoms. The van der Waals surface area contributed by atoms with Crippen LogP contribution in [0.3, 0.4) is 0 Å². The molecule has 51 heavy (non-hydrogen) atoms. The van der Waals surface area contributed by atoms with Gasteiger partial charge in [-0.2, -0.15) is 0 Å². The van der Waals surface area contributed by atoms with Gasteiger partial charge in [-0.3, -0.25) is 0 Å². The summed E-state index contributed by atoms with van der Waals surface area (Å²) in [4.78, 5) is 2.33. The molecule has 4 nitrogen and oxygen atoms in total. The predicted molar refractivity (Wildman–Crippen MR) is 218 cm³/mol. The van der Waals surface area contributed by atoms with Crippen LogP contribution in [-0.2, 0) is 0 Å². The summed E-state index contributed by atoms with van der Waals surface area (Å²) in [6.07, 6.45) is 3.85. The number of hydrogen-bond acceptors (Lipinski definition) is 1. The lowest BCUT2D eigenvalue weighted by molar-refractivity contribution is 0.993. The van der Waals surface area contributed by atoms with E-state index in [0.29, 0.717) is 0 Å². The van der Waals surface area contributed by atoms with Gasteiger partial charge in [0, 0.05) is 67.5 Å². The molecule has 0 unspecified atom stereocenters. The lowest BCUT2D eigenvalue weighted by Gasteiger charge is -2.26. The standard InChI is InChI=1S/C47H42N4/c1-8-43-32(4)34(6)49(45(43)9-2)38-20-26-41(27-21-38)51(40-24-18-37(19-25-40)48-31(3)30-36-14-10-12-16-46(36)48)42-28-22-39(23-29-42)50-35(7)33(5)44-15-11-13-17-47(44)50/h8-30H,1-2H2,3-7H3. The number of rotatable bonds is 8. The Morgan fingerprint density at radius 1 is 0.490 bits per heavy atom. The van der Waals surface area contributed by atoms with Gasteiger partial charge in [-0.1, -0.05) is 55.6 Å². The molecule has 0 saturated heterocycles. The van der Waals surface area contributed by atoms with Gasteiger partial charge in [0.2, 0.25) is 0 Å². The minimum Gasteiger partial charge on any atom is -0.314 e. The van der Waals surface area contributed by atoms with Crippen molar-refractivity contribution in [3.05, 3.63) is 180 Å². The predicted octanol–water partition coefficient (Wildman–Crippen LogP) is 12.7. The van der Waals surface area contributed by atoms with Gasteiger partial charge in [-0.25, -0.2) is 0 Å². The Balaban J connectivity index is 1.23. The second-order valence-electron chi connectivity index (χ2n) is 13.4. The summed E-state index contributed by atoms with van der Waals surface area (Å²) in [7, 11) is 0. The number of nitrogens with zero attached hydrogens (tertiary/aromatic N) is 4. The van der Waals surface area contributed by atoms with Crippen LogP contribution in [0.1, 0.15) is 39.5 Å². The van der Waals surface area contributed by atoms with Crippen LogP contribution in [0.2, 0.25) is 0 Å². The molecule has 0 fully saturated rings. The SMILES string of the molecule is C=Cc1c(C)c(C)n(-c2ccc(N(c3ccc(-n4c(C)cc5ccccc54)cc3)c3ccc(-n4c(C)c(C)c5ccccc54)cc3)cc2)c1C=C. The number of fused-ring (bicyclic) bond motifs is 2. The molecule has 0 spiro atoms. The monoisotopic (exact) mass is 662 g/mol. The molecule has 0 aliphatic rings. The first-order valence-corrected chi connectivity index (χ1v) is 17.5. The highest BCUT2D eigenvalue weighted by molar-refractivity contribution is 5.88. The van der Waals surface area contributed by atoms with Crippen molar-refractivity contribution in [2.45, 2.75) is 34.6 Å². The van der Waals surface area contributed by atoms with Crippen molar-refractivity contribution < 1.29 is 0 Å². The van der Waals surface area contributed by atoms with E-state index >= 15 is 0 Å². The second kappa shape index (κ2) is 12.6. The van der Waals surface area contributed by atoms with Crippen molar-refractivity contribution in [3.8, 4) is 17.1 Å². The first-order chi connectivity index (χ1) is 24.8. The maximum Gasteiger partial charge on any atom is 0.0534 e. The Morgan fingerprint density at radius 3 is 1.55 bits per heavy atom. The molecule has 5 aromatic carbocycles. The van der Waals surface area contributed by atoms with E-state index < -0.39 is 0 Å². The fourth-order valence-electron chi connectivity index (χ4n) is 7.84. The Morgan fingerprint density at radius 2 is 0.980 bits per heavy atom. The van der Waals surface area contributed by atoms with Crippen molar-refractivity contribution in [2.75, 3.05) is 4.90 Å². The van der Waals surface area contributed by atoms with Gasteiger partial charge in [0.1, 0.15) is 0 Å². The molecule has 8 rings (SSSR count). The normalized spacial score (nSPS) is 11.4. The van der Waals surface area contributed by atoms with E-state index in [2.05, 4.69) is 194 Å². The molecule has 0 aliphatic heterocycles. The van der Waals surface area contributed by atoms with Crippen molar-refractivity contribution in [3.63, 3.8) is 0 Å². The summed E-state index contributed by atoms with van der Waals surface area (Å²) in [5.41, 5.74) is 17.4. The molecule has 0 amide bonds. The van der Waals surface area contributed by atoms with Gasteiger partial charge < -0.3 is 18.6 Å². The summed E-state index contributed by atoms with van der Waals surface area (Å²) < 4.78 is 6.96. The molecular weight excluding hydrogens is 621 g/mol. The molecule has 0 atom stereocenters. The van der Waals surface area contributed by atoms with Gasteiger partial charge >= 0.3 is 0 Å². The van der Waals surface area contributed by atoms with Crippen LogP contribution in [0, 0.1) is 34.6 Å². The summed E-state index contributed by atoms with van der Waals surface area (Å²) in [5, 5.41) is 2.54. The molecule has 3 aromatic heterocycles. The van der Waals surface area contributed by atoms with Crippen molar-refractivity contribution in [1.82, 2.24) is 13.7 Å². The van der Waals surface area contributed by atoms with E-state index in [1.807, 2.05) is 12.2 Å². The fraction of sp³-hybridized carbons (Fsp3) is 0.106. The van der Waals surface area contributed by atoms with E-state index in [0.717, 1.165) is 45.4 Å². The van der Waals surface area contributed by atoms with Crippen LogP contribution < -0.4 is 4.90 Å². The highest BCUT2D eigenvalue weighted by atomic mass is 15.1. The molecule has 4 heteroatoms. The van der Waals surface area contributed by atoms with Gasteiger partial charge in [-0.05, 0) is 143 Å². The summed E-state index contributed by atoms with van der Waals surface area (Å²) in [6.45, 7) is 19.1. The van der Waals surface area contributed by atoms with Gasteiger partial charge in [0.15, 0.2) is 0 Å². The Kier molecular flexibility index (Phi) is 7.88. The molecular formula is C47H42N4. The topological polar surface area (TPSA) is 18.0 Å². The fourth-order valence-corrected chi connectivity index (χ4v) is 7.84. The zero-order valence-corrected chi connectivity index (χ0v) is 30.0. The zero-order valence-electron chi connectivity index (χ0n) is 30.0. The third kappa shape index (κ3) is 5.14. The van der Waals surface area contributed by atoms with Crippen molar-refractivity contribution >= 4 is 51.0 Å².